The van der Waals surface area contributed by atoms with Crippen molar-refractivity contribution in [2.24, 2.45) is 5.92 Å². The number of rotatable bonds is 6. The molecule has 0 radical (unpaired) electrons. The summed E-state index contributed by atoms with van der Waals surface area (Å²) in [4.78, 5) is 0. The fourth-order valence-electron chi connectivity index (χ4n) is 2.26. The second-order valence-electron chi connectivity index (χ2n) is 4.53. The number of fused-ring (bicyclic) bond motifs is 1. The van der Waals surface area contributed by atoms with Gasteiger partial charge in [0.05, 0.1) is 0 Å². The minimum Gasteiger partial charge on any atom is -0.396 e. The smallest absolute Gasteiger partial charge is 0.133 e. The van der Waals surface area contributed by atoms with Crippen LogP contribution in [0.3, 0.4) is 0 Å². The Hall–Kier alpha value is -0.940. The molecule has 5 nitrogen and oxygen atoms in total. The van der Waals surface area contributed by atoms with Crippen molar-refractivity contribution in [1.82, 2.24) is 14.8 Å². The SMILES string of the molecule is CCOCCCc1nnc2n1CC(CO)CC2. The molecule has 0 spiro atoms. The molecule has 17 heavy (non-hydrogen) atoms. The Morgan fingerprint density at radius 1 is 1.47 bits per heavy atom. The Labute approximate surface area is 102 Å². The van der Waals surface area contributed by atoms with Gasteiger partial charge < -0.3 is 14.4 Å². The minimum atomic E-state index is 0.260. The maximum absolute atomic E-state index is 9.22. The van der Waals surface area contributed by atoms with Crippen LogP contribution in [0.2, 0.25) is 0 Å². The number of hydrogen-bond acceptors (Lipinski definition) is 4. The molecule has 1 N–H and O–H groups in total. The van der Waals surface area contributed by atoms with Gasteiger partial charge in [-0.05, 0) is 19.8 Å². The molecule has 1 aliphatic rings. The van der Waals surface area contributed by atoms with Gasteiger partial charge in [0.2, 0.25) is 0 Å². The molecule has 2 heterocycles. The van der Waals surface area contributed by atoms with Gasteiger partial charge in [0, 0.05) is 45.1 Å². The number of aryl methyl sites for hydroxylation is 2. The molecule has 0 saturated carbocycles. The van der Waals surface area contributed by atoms with Gasteiger partial charge in [-0.2, -0.15) is 0 Å². The molecular weight excluding hydrogens is 218 g/mol. The van der Waals surface area contributed by atoms with E-state index in [1.54, 1.807) is 0 Å². The molecule has 0 fully saturated rings. The summed E-state index contributed by atoms with van der Waals surface area (Å²) in [5.41, 5.74) is 0. The Morgan fingerprint density at radius 3 is 3.12 bits per heavy atom. The molecule has 0 amide bonds. The molecular formula is C12H21N3O2. The first kappa shape index (κ1) is 12.5. The predicted molar refractivity (Wildman–Crippen MR) is 63.7 cm³/mol. The van der Waals surface area contributed by atoms with Crippen LogP contribution in [0.15, 0.2) is 0 Å². The summed E-state index contributed by atoms with van der Waals surface area (Å²) in [6.45, 7) is 4.68. The number of ether oxygens (including phenoxy) is 1. The van der Waals surface area contributed by atoms with Crippen LogP contribution >= 0.6 is 0 Å². The molecule has 1 unspecified atom stereocenters. The molecule has 2 rings (SSSR count). The van der Waals surface area contributed by atoms with Crippen LogP contribution in [0, 0.1) is 5.92 Å². The van der Waals surface area contributed by atoms with Crippen molar-refractivity contribution in [3.05, 3.63) is 11.6 Å². The van der Waals surface area contributed by atoms with Crippen LogP contribution in [0.25, 0.3) is 0 Å². The van der Waals surface area contributed by atoms with Gasteiger partial charge in [-0.25, -0.2) is 0 Å². The lowest BCUT2D eigenvalue weighted by atomic mass is 10.0. The van der Waals surface area contributed by atoms with Gasteiger partial charge in [0.1, 0.15) is 11.6 Å². The van der Waals surface area contributed by atoms with E-state index < -0.39 is 0 Å². The third-order valence-electron chi connectivity index (χ3n) is 3.27. The third-order valence-corrected chi connectivity index (χ3v) is 3.27. The highest BCUT2D eigenvalue weighted by atomic mass is 16.5. The average molecular weight is 239 g/mol. The lowest BCUT2D eigenvalue weighted by Crippen LogP contribution is -2.24. The van der Waals surface area contributed by atoms with Crippen LogP contribution in [0.5, 0.6) is 0 Å². The largest absolute Gasteiger partial charge is 0.396 e. The second kappa shape index (κ2) is 6.12. The topological polar surface area (TPSA) is 60.2 Å². The first-order chi connectivity index (χ1) is 8.35. The van der Waals surface area contributed by atoms with E-state index in [0.29, 0.717) is 5.92 Å². The molecule has 1 aromatic rings. The molecule has 1 aliphatic heterocycles. The Kier molecular flexibility index (Phi) is 4.50. The number of aliphatic hydroxyl groups excluding tert-OH is 1. The van der Waals surface area contributed by atoms with Crippen molar-refractivity contribution in [1.29, 1.82) is 0 Å². The molecule has 0 bridgehead atoms. The van der Waals surface area contributed by atoms with E-state index in [9.17, 15) is 5.11 Å². The molecule has 5 heteroatoms. The number of aliphatic hydroxyl groups is 1. The molecule has 1 aromatic heterocycles. The summed E-state index contributed by atoms with van der Waals surface area (Å²) in [5, 5.41) is 17.7. The zero-order valence-electron chi connectivity index (χ0n) is 10.4. The molecule has 0 aliphatic carbocycles. The van der Waals surface area contributed by atoms with Crippen LogP contribution in [0.4, 0.5) is 0 Å². The quantitative estimate of drug-likeness (QED) is 0.746. The Balaban J connectivity index is 1.93. The zero-order valence-corrected chi connectivity index (χ0v) is 10.4. The first-order valence-corrected chi connectivity index (χ1v) is 6.44. The summed E-state index contributed by atoms with van der Waals surface area (Å²) in [7, 11) is 0. The highest BCUT2D eigenvalue weighted by Gasteiger charge is 2.21. The van der Waals surface area contributed by atoms with Crippen molar-refractivity contribution in [2.45, 2.75) is 39.2 Å². The zero-order chi connectivity index (χ0) is 12.1. The van der Waals surface area contributed by atoms with Crippen molar-refractivity contribution in [3.63, 3.8) is 0 Å². The monoisotopic (exact) mass is 239 g/mol. The summed E-state index contributed by atoms with van der Waals surface area (Å²) in [6, 6.07) is 0. The summed E-state index contributed by atoms with van der Waals surface area (Å²) in [5.74, 6) is 2.48. The fourth-order valence-corrected chi connectivity index (χ4v) is 2.26. The highest BCUT2D eigenvalue weighted by Crippen LogP contribution is 2.20. The van der Waals surface area contributed by atoms with E-state index in [1.165, 1.54) is 0 Å². The Bertz CT molecular complexity index is 352. The summed E-state index contributed by atoms with van der Waals surface area (Å²) >= 11 is 0. The van der Waals surface area contributed by atoms with Crippen LogP contribution in [0.1, 0.15) is 31.4 Å². The van der Waals surface area contributed by atoms with Crippen molar-refractivity contribution in [2.75, 3.05) is 19.8 Å². The van der Waals surface area contributed by atoms with E-state index in [4.69, 9.17) is 4.74 Å². The van der Waals surface area contributed by atoms with Gasteiger partial charge >= 0.3 is 0 Å². The standard InChI is InChI=1S/C12H21N3O2/c1-2-17-7-3-4-11-13-14-12-6-5-10(9-16)8-15(11)12/h10,16H,2-9H2,1H3. The van der Waals surface area contributed by atoms with Gasteiger partial charge in [-0.15, -0.1) is 10.2 Å². The molecule has 96 valence electrons. The fraction of sp³-hybridized carbons (Fsp3) is 0.833. The van der Waals surface area contributed by atoms with Gasteiger partial charge in [-0.1, -0.05) is 0 Å². The van der Waals surface area contributed by atoms with Gasteiger partial charge in [0.25, 0.3) is 0 Å². The second-order valence-corrected chi connectivity index (χ2v) is 4.53. The minimum absolute atomic E-state index is 0.260. The van der Waals surface area contributed by atoms with Crippen molar-refractivity contribution in [3.8, 4) is 0 Å². The maximum Gasteiger partial charge on any atom is 0.133 e. The van der Waals surface area contributed by atoms with Crippen LogP contribution in [-0.4, -0.2) is 39.7 Å². The van der Waals surface area contributed by atoms with Gasteiger partial charge in [-0.3, -0.25) is 0 Å². The number of nitrogens with zero attached hydrogens (tertiary/aromatic N) is 3. The molecule has 0 aromatic carbocycles. The van der Waals surface area contributed by atoms with E-state index in [1.807, 2.05) is 6.92 Å². The third kappa shape index (κ3) is 3.04. The van der Waals surface area contributed by atoms with E-state index >= 15 is 0 Å². The summed E-state index contributed by atoms with van der Waals surface area (Å²) in [6.07, 6.45) is 3.85. The number of hydrogen-bond donors (Lipinski definition) is 1. The van der Waals surface area contributed by atoms with Gasteiger partial charge in [0.15, 0.2) is 0 Å². The van der Waals surface area contributed by atoms with E-state index in [-0.39, 0.29) is 6.61 Å². The predicted octanol–water partition coefficient (Wildman–Crippen LogP) is 0.802. The normalized spacial score (nSPS) is 19.3. The summed E-state index contributed by atoms with van der Waals surface area (Å²) < 4.78 is 7.50. The van der Waals surface area contributed by atoms with Crippen LogP contribution < -0.4 is 0 Å². The lowest BCUT2D eigenvalue weighted by Gasteiger charge is -2.22. The first-order valence-electron chi connectivity index (χ1n) is 6.44. The van der Waals surface area contributed by atoms with E-state index in [2.05, 4.69) is 14.8 Å². The average Bonchev–Trinajstić information content (AvgIpc) is 2.77. The lowest BCUT2D eigenvalue weighted by molar-refractivity contribution is 0.144. The van der Waals surface area contributed by atoms with E-state index in [0.717, 1.165) is 57.1 Å². The molecule has 0 saturated heterocycles. The molecule has 1 atom stereocenters. The van der Waals surface area contributed by atoms with Crippen LogP contribution in [-0.2, 0) is 24.1 Å². The number of aromatic nitrogens is 3. The maximum atomic E-state index is 9.22. The van der Waals surface area contributed by atoms with Crippen molar-refractivity contribution < 1.29 is 9.84 Å². The Morgan fingerprint density at radius 2 is 2.35 bits per heavy atom. The van der Waals surface area contributed by atoms with Crippen molar-refractivity contribution >= 4 is 0 Å². The highest BCUT2D eigenvalue weighted by molar-refractivity contribution is 5.00.